The van der Waals surface area contributed by atoms with E-state index in [2.05, 4.69) is 11.2 Å². The molecule has 0 bridgehead atoms. The molecule has 0 saturated heterocycles. The van der Waals surface area contributed by atoms with E-state index in [-0.39, 0.29) is 4.83 Å². The van der Waals surface area contributed by atoms with Gasteiger partial charge in [-0.2, -0.15) is 0 Å². The number of hydrogen-bond acceptors (Lipinski definition) is 2. The Hall–Kier alpha value is 0.310. The van der Waals surface area contributed by atoms with Crippen molar-refractivity contribution in [1.82, 2.24) is 0 Å². The van der Waals surface area contributed by atoms with Crippen LogP contribution in [-0.4, -0.2) is 16.8 Å². The van der Waals surface area contributed by atoms with Crippen LogP contribution in [0.5, 0.6) is 0 Å². The quantitative estimate of drug-likeness (QED) is 0.346. The van der Waals surface area contributed by atoms with Gasteiger partial charge in [0.15, 0.2) is 4.83 Å². The second kappa shape index (κ2) is 1.85. The highest BCUT2D eigenvalue weighted by Crippen LogP contribution is 2.19. The molecule has 1 aliphatic rings. The number of nitrogens with zero attached hydrogens (tertiary/aromatic N) is 1. The molecule has 6 heavy (non-hydrogen) atoms. The summed E-state index contributed by atoms with van der Waals surface area (Å²) in [6.45, 7) is 0. The van der Waals surface area contributed by atoms with Gasteiger partial charge in [-0.1, -0.05) is 11.6 Å². The van der Waals surface area contributed by atoms with E-state index in [4.69, 9.17) is 11.6 Å². The van der Waals surface area contributed by atoms with Gasteiger partial charge in [0.2, 0.25) is 0 Å². The molecule has 0 aromatic rings. The molecule has 33 valence electrons. The lowest BCUT2D eigenvalue weighted by Crippen LogP contribution is -1.72. The molecule has 1 heterocycles. The predicted molar refractivity (Wildman–Crippen MR) is 29.5 cm³/mol. The average molecular weight is 121 g/mol. The van der Waals surface area contributed by atoms with Crippen LogP contribution in [0.25, 0.3) is 0 Å². The topological polar surface area (TPSA) is 12.4 Å². The van der Waals surface area contributed by atoms with E-state index in [9.17, 15) is 0 Å². The fraction of sp³-hybridized carbons (Fsp3) is 0.667. The normalized spacial score (nSPS) is 31.8. The maximum atomic E-state index is 5.45. The highest BCUT2D eigenvalue weighted by molar-refractivity contribution is 8.01. The van der Waals surface area contributed by atoms with Crippen LogP contribution in [0.15, 0.2) is 4.99 Å². The Kier molecular flexibility index (Phi) is 1.37. The molecule has 0 spiro atoms. The van der Waals surface area contributed by atoms with E-state index in [0.29, 0.717) is 0 Å². The minimum absolute atomic E-state index is 0.0509. The summed E-state index contributed by atoms with van der Waals surface area (Å²) in [5, 5.41) is 0. The number of alkyl halides is 1. The van der Waals surface area contributed by atoms with Gasteiger partial charge in [0.1, 0.15) is 0 Å². The molecule has 3 heteroatoms. The summed E-state index contributed by atoms with van der Waals surface area (Å²) in [4.78, 5) is 3.66. The Morgan fingerprint density at radius 2 is 2.83 bits per heavy atom. The van der Waals surface area contributed by atoms with Crippen LogP contribution in [0.1, 0.15) is 0 Å². The summed E-state index contributed by atoms with van der Waals surface area (Å²) in [6, 6.07) is 0. The van der Waals surface area contributed by atoms with E-state index in [1.54, 1.807) is 11.8 Å². The zero-order chi connectivity index (χ0) is 4.41. The maximum Gasteiger partial charge on any atom is 0.169 e. The minimum Gasteiger partial charge on any atom is -0.256 e. The molecule has 1 rings (SSSR count). The molecule has 1 nitrogen and oxygen atoms in total. The summed E-state index contributed by atoms with van der Waals surface area (Å²) >= 11 is 7.03. The third kappa shape index (κ3) is 0.884. The van der Waals surface area contributed by atoms with Gasteiger partial charge in [-0.15, -0.1) is 11.8 Å². The average Bonchev–Trinajstić information content (AvgIpc) is 1.86. The van der Waals surface area contributed by atoms with Gasteiger partial charge in [0.05, 0.1) is 6.21 Å². The predicted octanol–water partition coefficient (Wildman–Crippen LogP) is 1.20. The Bertz CT molecular complexity index is 73.2. The third-order valence-corrected chi connectivity index (χ3v) is 1.63. The molecule has 1 atom stereocenters. The number of thioether (sulfide) groups is 1. The number of aliphatic imine (C=N–C) groups is 1. The summed E-state index contributed by atoms with van der Waals surface area (Å²) in [7, 11) is 0. The van der Waals surface area contributed by atoms with E-state index in [1.165, 1.54) is 0 Å². The smallest absolute Gasteiger partial charge is 0.169 e. The molecule has 0 aliphatic carbocycles. The molecule has 0 N–H and O–H groups in total. The summed E-state index contributed by atoms with van der Waals surface area (Å²) in [6.07, 6.45) is 2.73. The van der Waals surface area contributed by atoms with Crippen molar-refractivity contribution in [1.29, 1.82) is 0 Å². The van der Waals surface area contributed by atoms with Crippen molar-refractivity contribution in [2.75, 3.05) is 5.75 Å². The Labute approximate surface area is 45.8 Å². The Morgan fingerprint density at radius 3 is 3.00 bits per heavy atom. The van der Waals surface area contributed by atoms with Gasteiger partial charge in [-0.25, -0.2) is 0 Å². The number of hydrogen-bond donors (Lipinski definition) is 0. The van der Waals surface area contributed by atoms with Gasteiger partial charge in [0, 0.05) is 5.75 Å². The molecule has 0 aromatic carbocycles. The van der Waals surface area contributed by atoms with Crippen LogP contribution < -0.4 is 0 Å². The van der Waals surface area contributed by atoms with Crippen LogP contribution >= 0.6 is 23.4 Å². The van der Waals surface area contributed by atoms with Crippen molar-refractivity contribution >= 4 is 29.6 Å². The molecular formula is C3H3ClNS. The fourth-order valence-corrected chi connectivity index (χ4v) is 0.946. The molecule has 1 unspecified atom stereocenters. The number of halogens is 1. The van der Waals surface area contributed by atoms with Gasteiger partial charge < -0.3 is 0 Å². The first-order valence-electron chi connectivity index (χ1n) is 1.58. The molecule has 0 amide bonds. The van der Waals surface area contributed by atoms with Gasteiger partial charge in [0.25, 0.3) is 0 Å². The van der Waals surface area contributed by atoms with Gasteiger partial charge in [-0.05, 0) is 0 Å². The van der Waals surface area contributed by atoms with E-state index >= 15 is 0 Å². The van der Waals surface area contributed by atoms with Crippen molar-refractivity contribution < 1.29 is 0 Å². The van der Waals surface area contributed by atoms with Crippen LogP contribution in [0.4, 0.5) is 0 Å². The zero-order valence-electron chi connectivity index (χ0n) is 3.02. The first-order chi connectivity index (χ1) is 2.89. The molecule has 1 aliphatic heterocycles. The van der Waals surface area contributed by atoms with Crippen LogP contribution in [0.2, 0.25) is 0 Å². The van der Waals surface area contributed by atoms with Crippen molar-refractivity contribution in [3.63, 3.8) is 0 Å². The molecule has 0 saturated carbocycles. The number of rotatable bonds is 0. The summed E-state index contributed by atoms with van der Waals surface area (Å²) in [5.41, 5.74) is 0. The van der Waals surface area contributed by atoms with Crippen molar-refractivity contribution in [3.8, 4) is 0 Å². The first kappa shape index (κ1) is 4.47. The van der Waals surface area contributed by atoms with E-state index in [1.807, 2.05) is 0 Å². The van der Waals surface area contributed by atoms with Crippen molar-refractivity contribution in [2.45, 2.75) is 4.83 Å². The van der Waals surface area contributed by atoms with Gasteiger partial charge >= 0.3 is 0 Å². The minimum atomic E-state index is -0.0509. The Balaban J connectivity index is 2.38. The summed E-state index contributed by atoms with van der Waals surface area (Å²) < 4.78 is 0. The molecule has 0 fully saturated rings. The lowest BCUT2D eigenvalue weighted by atomic mass is 10.9. The summed E-state index contributed by atoms with van der Waals surface area (Å²) in [5.74, 6) is 0.855. The molecule has 1 radical (unpaired) electrons. The van der Waals surface area contributed by atoms with E-state index < -0.39 is 0 Å². The van der Waals surface area contributed by atoms with Gasteiger partial charge in [-0.3, -0.25) is 4.99 Å². The van der Waals surface area contributed by atoms with Crippen LogP contribution in [-0.2, 0) is 0 Å². The fourth-order valence-electron chi connectivity index (χ4n) is 0.252. The SMILES string of the molecule is ClC1N=[C]CS1. The standard InChI is InChI=1S/C3H3ClNS/c4-3-5-1-2-6-3/h3H,2H2. The molecular weight excluding hydrogens is 118 g/mol. The first-order valence-corrected chi connectivity index (χ1v) is 3.06. The highest BCUT2D eigenvalue weighted by atomic mass is 35.5. The van der Waals surface area contributed by atoms with E-state index in [0.717, 1.165) is 5.75 Å². The zero-order valence-corrected chi connectivity index (χ0v) is 4.59. The lowest BCUT2D eigenvalue weighted by molar-refractivity contribution is 1.32. The second-order valence-corrected chi connectivity index (χ2v) is 2.63. The van der Waals surface area contributed by atoms with Crippen molar-refractivity contribution in [3.05, 3.63) is 0 Å². The lowest BCUT2D eigenvalue weighted by Gasteiger charge is -1.85. The highest BCUT2D eigenvalue weighted by Gasteiger charge is 2.04. The third-order valence-electron chi connectivity index (χ3n) is 0.478. The second-order valence-electron chi connectivity index (χ2n) is 0.890. The Morgan fingerprint density at radius 1 is 2.00 bits per heavy atom. The van der Waals surface area contributed by atoms with Crippen molar-refractivity contribution in [2.24, 2.45) is 4.99 Å². The maximum absolute atomic E-state index is 5.45. The largest absolute Gasteiger partial charge is 0.256 e. The van der Waals surface area contributed by atoms with Crippen LogP contribution in [0.3, 0.4) is 0 Å². The monoisotopic (exact) mass is 120 g/mol. The van der Waals surface area contributed by atoms with Crippen LogP contribution in [0, 0.1) is 0 Å². The molecule has 0 aromatic heterocycles.